The van der Waals surface area contributed by atoms with E-state index in [-0.39, 0.29) is 5.91 Å². The molecule has 6 nitrogen and oxygen atoms in total. The third kappa shape index (κ3) is 3.23. The number of hydrogen-bond acceptors (Lipinski definition) is 3. The van der Waals surface area contributed by atoms with Crippen LogP contribution in [0, 0.1) is 0 Å². The molecule has 0 aliphatic carbocycles. The maximum Gasteiger partial charge on any atom is 0.316 e. The van der Waals surface area contributed by atoms with Crippen molar-refractivity contribution >= 4 is 23.3 Å². The molecule has 1 heterocycles. The number of benzene rings is 1. The zero-order chi connectivity index (χ0) is 13.9. The summed E-state index contributed by atoms with van der Waals surface area (Å²) in [6.45, 7) is 2.74. The quantitative estimate of drug-likeness (QED) is 0.660. The molecule has 1 fully saturated rings. The first-order valence-corrected chi connectivity index (χ1v) is 6.23. The number of hydrogen-bond donors (Lipinski definition) is 4. The Morgan fingerprint density at radius 1 is 1.32 bits per heavy atom. The highest BCUT2D eigenvalue weighted by molar-refractivity contribution is 5.98. The van der Waals surface area contributed by atoms with Gasteiger partial charge in [-0.3, -0.25) is 4.79 Å². The maximum atomic E-state index is 12.2. The standard InChI is InChI=1S/C13H18N4O2/c1-13(6-3-7-15-13)11(18)16-9-4-2-5-10(8-9)17-12(14)19/h2,4-5,8,15H,3,6-7H2,1H3,(H,16,18)(H3,14,17,19). The topological polar surface area (TPSA) is 96.2 Å². The van der Waals surface area contributed by atoms with Crippen LogP contribution in [0.3, 0.4) is 0 Å². The molecular formula is C13H18N4O2. The lowest BCUT2D eigenvalue weighted by Crippen LogP contribution is -2.47. The van der Waals surface area contributed by atoms with E-state index in [4.69, 9.17) is 5.73 Å². The number of amides is 3. The molecule has 1 aromatic carbocycles. The van der Waals surface area contributed by atoms with Gasteiger partial charge in [-0.2, -0.15) is 0 Å². The molecule has 0 radical (unpaired) electrons. The van der Waals surface area contributed by atoms with E-state index < -0.39 is 11.6 Å². The second-order valence-corrected chi connectivity index (χ2v) is 4.89. The summed E-state index contributed by atoms with van der Waals surface area (Å²) in [5, 5.41) is 8.51. The number of anilines is 2. The minimum absolute atomic E-state index is 0.0683. The van der Waals surface area contributed by atoms with Gasteiger partial charge in [-0.1, -0.05) is 6.07 Å². The summed E-state index contributed by atoms with van der Waals surface area (Å²) in [5.74, 6) is -0.0683. The highest BCUT2D eigenvalue weighted by atomic mass is 16.2. The lowest BCUT2D eigenvalue weighted by atomic mass is 9.99. The zero-order valence-electron chi connectivity index (χ0n) is 10.8. The second-order valence-electron chi connectivity index (χ2n) is 4.89. The Morgan fingerprint density at radius 3 is 2.58 bits per heavy atom. The molecule has 1 aliphatic heterocycles. The third-order valence-corrected chi connectivity index (χ3v) is 3.26. The van der Waals surface area contributed by atoms with Crippen molar-refractivity contribution in [3.05, 3.63) is 24.3 Å². The molecule has 19 heavy (non-hydrogen) atoms. The first-order chi connectivity index (χ1) is 8.99. The molecule has 1 aromatic rings. The van der Waals surface area contributed by atoms with Gasteiger partial charge in [0.2, 0.25) is 5.91 Å². The number of primary amides is 1. The molecule has 3 amide bonds. The van der Waals surface area contributed by atoms with E-state index in [1.54, 1.807) is 24.3 Å². The van der Waals surface area contributed by atoms with E-state index in [2.05, 4.69) is 16.0 Å². The lowest BCUT2D eigenvalue weighted by molar-refractivity contribution is -0.121. The van der Waals surface area contributed by atoms with Gasteiger partial charge in [-0.25, -0.2) is 4.79 Å². The fraction of sp³-hybridized carbons (Fsp3) is 0.385. The highest BCUT2D eigenvalue weighted by Crippen LogP contribution is 2.22. The molecule has 6 heteroatoms. The summed E-state index contributed by atoms with van der Waals surface area (Å²) in [7, 11) is 0. The predicted molar refractivity (Wildman–Crippen MR) is 73.9 cm³/mol. The first-order valence-electron chi connectivity index (χ1n) is 6.23. The summed E-state index contributed by atoms with van der Waals surface area (Å²) in [6.07, 6.45) is 1.81. The SMILES string of the molecule is CC1(C(=O)Nc2cccc(NC(N)=O)c2)CCCN1. The zero-order valence-corrected chi connectivity index (χ0v) is 10.8. The Morgan fingerprint density at radius 2 is 2.00 bits per heavy atom. The molecule has 1 unspecified atom stereocenters. The molecule has 5 N–H and O–H groups in total. The van der Waals surface area contributed by atoms with Crippen LogP contribution in [0.1, 0.15) is 19.8 Å². The molecule has 2 rings (SSSR count). The lowest BCUT2D eigenvalue weighted by Gasteiger charge is -2.23. The summed E-state index contributed by atoms with van der Waals surface area (Å²) >= 11 is 0. The van der Waals surface area contributed by atoms with E-state index in [0.29, 0.717) is 11.4 Å². The van der Waals surface area contributed by atoms with Crippen LogP contribution in [0.15, 0.2) is 24.3 Å². The summed E-state index contributed by atoms with van der Waals surface area (Å²) < 4.78 is 0. The normalized spacial score (nSPS) is 21.9. The van der Waals surface area contributed by atoms with Crippen LogP contribution in [0.2, 0.25) is 0 Å². The van der Waals surface area contributed by atoms with Crippen molar-refractivity contribution in [2.75, 3.05) is 17.2 Å². The van der Waals surface area contributed by atoms with Crippen LogP contribution < -0.4 is 21.7 Å². The van der Waals surface area contributed by atoms with Crippen LogP contribution in [0.4, 0.5) is 16.2 Å². The average molecular weight is 262 g/mol. The number of nitrogens with two attached hydrogens (primary N) is 1. The monoisotopic (exact) mass is 262 g/mol. The Hall–Kier alpha value is -2.08. The minimum atomic E-state index is -0.632. The van der Waals surface area contributed by atoms with E-state index in [1.165, 1.54) is 0 Å². The van der Waals surface area contributed by atoms with Crippen molar-refractivity contribution in [2.24, 2.45) is 5.73 Å². The molecule has 0 saturated carbocycles. The summed E-state index contributed by atoms with van der Waals surface area (Å²) in [4.78, 5) is 23.0. The first kappa shape index (κ1) is 13.4. The molecule has 0 spiro atoms. The van der Waals surface area contributed by atoms with Gasteiger partial charge in [0.1, 0.15) is 0 Å². The van der Waals surface area contributed by atoms with Crippen LogP contribution in [0.25, 0.3) is 0 Å². The Labute approximate surface area is 111 Å². The molecular weight excluding hydrogens is 244 g/mol. The van der Waals surface area contributed by atoms with E-state index in [1.807, 2.05) is 6.92 Å². The van der Waals surface area contributed by atoms with Crippen LogP contribution >= 0.6 is 0 Å². The summed E-state index contributed by atoms with van der Waals surface area (Å²) in [6, 6.07) is 6.25. The Balaban J connectivity index is 2.06. The number of carbonyl (C=O) groups excluding carboxylic acids is 2. The van der Waals surface area contributed by atoms with Crippen molar-refractivity contribution in [2.45, 2.75) is 25.3 Å². The highest BCUT2D eigenvalue weighted by Gasteiger charge is 2.35. The molecule has 102 valence electrons. The molecule has 1 aliphatic rings. The van der Waals surface area contributed by atoms with E-state index in [9.17, 15) is 9.59 Å². The third-order valence-electron chi connectivity index (χ3n) is 3.26. The van der Waals surface area contributed by atoms with Gasteiger partial charge in [0.25, 0.3) is 0 Å². The van der Waals surface area contributed by atoms with Gasteiger partial charge in [0.15, 0.2) is 0 Å². The van der Waals surface area contributed by atoms with Gasteiger partial charge in [-0.05, 0) is 44.5 Å². The van der Waals surface area contributed by atoms with Crippen molar-refractivity contribution < 1.29 is 9.59 Å². The smallest absolute Gasteiger partial charge is 0.316 e. The van der Waals surface area contributed by atoms with Gasteiger partial charge in [0.05, 0.1) is 5.54 Å². The number of carbonyl (C=O) groups is 2. The molecule has 1 atom stereocenters. The number of rotatable bonds is 3. The molecule has 0 bridgehead atoms. The summed E-state index contributed by atoms with van der Waals surface area (Å²) in [5.41, 5.74) is 5.71. The second kappa shape index (κ2) is 5.27. The van der Waals surface area contributed by atoms with E-state index in [0.717, 1.165) is 19.4 Å². The van der Waals surface area contributed by atoms with Gasteiger partial charge < -0.3 is 21.7 Å². The van der Waals surface area contributed by atoms with Gasteiger partial charge >= 0.3 is 6.03 Å². The van der Waals surface area contributed by atoms with Gasteiger partial charge in [-0.15, -0.1) is 0 Å². The fourth-order valence-corrected chi connectivity index (χ4v) is 2.17. The minimum Gasteiger partial charge on any atom is -0.351 e. The van der Waals surface area contributed by atoms with Crippen molar-refractivity contribution in [3.63, 3.8) is 0 Å². The van der Waals surface area contributed by atoms with Crippen LogP contribution in [-0.4, -0.2) is 24.0 Å². The van der Waals surface area contributed by atoms with Crippen LogP contribution in [0.5, 0.6) is 0 Å². The number of nitrogens with one attached hydrogen (secondary N) is 3. The largest absolute Gasteiger partial charge is 0.351 e. The molecule has 1 saturated heterocycles. The van der Waals surface area contributed by atoms with Gasteiger partial charge in [0, 0.05) is 11.4 Å². The number of urea groups is 1. The van der Waals surface area contributed by atoms with Crippen molar-refractivity contribution in [1.82, 2.24) is 5.32 Å². The van der Waals surface area contributed by atoms with E-state index >= 15 is 0 Å². The Kier molecular flexibility index (Phi) is 3.71. The van der Waals surface area contributed by atoms with Crippen molar-refractivity contribution in [3.8, 4) is 0 Å². The fourth-order valence-electron chi connectivity index (χ4n) is 2.17. The van der Waals surface area contributed by atoms with Crippen molar-refractivity contribution in [1.29, 1.82) is 0 Å². The molecule has 0 aromatic heterocycles. The predicted octanol–water partition coefficient (Wildman–Crippen LogP) is 1.26. The average Bonchev–Trinajstić information content (AvgIpc) is 2.77. The Bertz CT molecular complexity index is 495. The maximum absolute atomic E-state index is 12.2. The van der Waals surface area contributed by atoms with Crippen LogP contribution in [-0.2, 0) is 4.79 Å².